The van der Waals surface area contributed by atoms with Crippen molar-refractivity contribution in [2.24, 2.45) is 0 Å². The zero-order valence-electron chi connectivity index (χ0n) is 10.0. The standard InChI is InChI=1S/C12H17NO3S/c1-13(2)11-7-3-6-10-9(11)5-4-8-12(10)17(14,15)16/h3,6-7,12H,4-5,8H2,1-2H3,(H,14,15,16). The van der Waals surface area contributed by atoms with Crippen LogP contribution in [0.2, 0.25) is 0 Å². The van der Waals surface area contributed by atoms with Gasteiger partial charge in [-0.2, -0.15) is 8.42 Å². The van der Waals surface area contributed by atoms with E-state index in [1.54, 1.807) is 6.07 Å². The van der Waals surface area contributed by atoms with E-state index in [2.05, 4.69) is 0 Å². The van der Waals surface area contributed by atoms with Gasteiger partial charge in [-0.05, 0) is 36.5 Å². The number of nitrogens with zero attached hydrogens (tertiary/aromatic N) is 1. The van der Waals surface area contributed by atoms with E-state index >= 15 is 0 Å². The van der Waals surface area contributed by atoms with Crippen molar-refractivity contribution in [1.82, 2.24) is 0 Å². The van der Waals surface area contributed by atoms with E-state index in [-0.39, 0.29) is 0 Å². The molecule has 0 heterocycles. The molecule has 0 aliphatic heterocycles. The number of anilines is 1. The number of rotatable bonds is 2. The smallest absolute Gasteiger partial charge is 0.272 e. The number of hydrogen-bond donors (Lipinski definition) is 1. The molecule has 1 unspecified atom stereocenters. The molecule has 1 aliphatic rings. The molecule has 0 aromatic heterocycles. The molecule has 17 heavy (non-hydrogen) atoms. The van der Waals surface area contributed by atoms with Gasteiger partial charge in [-0.3, -0.25) is 4.55 Å². The third-order valence-electron chi connectivity index (χ3n) is 3.27. The van der Waals surface area contributed by atoms with E-state index in [1.807, 2.05) is 31.1 Å². The van der Waals surface area contributed by atoms with Crippen molar-refractivity contribution in [1.29, 1.82) is 0 Å². The highest BCUT2D eigenvalue weighted by molar-refractivity contribution is 7.86. The summed E-state index contributed by atoms with van der Waals surface area (Å²) in [5.41, 5.74) is 2.84. The van der Waals surface area contributed by atoms with Gasteiger partial charge in [-0.1, -0.05) is 12.1 Å². The average Bonchev–Trinajstić information content (AvgIpc) is 2.26. The lowest BCUT2D eigenvalue weighted by atomic mass is 9.90. The van der Waals surface area contributed by atoms with E-state index in [9.17, 15) is 13.0 Å². The number of benzene rings is 1. The van der Waals surface area contributed by atoms with Crippen LogP contribution < -0.4 is 4.90 Å². The molecular weight excluding hydrogens is 238 g/mol. The van der Waals surface area contributed by atoms with Crippen molar-refractivity contribution in [3.8, 4) is 0 Å². The minimum atomic E-state index is -4.00. The normalized spacial score (nSPS) is 19.8. The SMILES string of the molecule is CN(C)c1cccc2c1CCCC2S(=O)(=O)O. The molecule has 1 aromatic rings. The Morgan fingerprint density at radius 2 is 2.06 bits per heavy atom. The summed E-state index contributed by atoms with van der Waals surface area (Å²) in [4.78, 5) is 1.98. The third kappa shape index (κ3) is 2.30. The summed E-state index contributed by atoms with van der Waals surface area (Å²) in [5, 5.41) is -0.758. The number of fused-ring (bicyclic) bond motifs is 1. The first-order valence-corrected chi connectivity index (χ1v) is 7.17. The molecule has 0 saturated heterocycles. The van der Waals surface area contributed by atoms with Crippen LogP contribution in [-0.4, -0.2) is 27.1 Å². The van der Waals surface area contributed by atoms with Gasteiger partial charge in [-0.25, -0.2) is 0 Å². The van der Waals surface area contributed by atoms with Crippen LogP contribution in [0, 0.1) is 0 Å². The molecular formula is C12H17NO3S. The highest BCUT2D eigenvalue weighted by Crippen LogP contribution is 2.38. The monoisotopic (exact) mass is 255 g/mol. The summed E-state index contributed by atoms with van der Waals surface area (Å²) in [6, 6.07) is 5.63. The summed E-state index contributed by atoms with van der Waals surface area (Å²) < 4.78 is 32.0. The predicted molar refractivity (Wildman–Crippen MR) is 68.0 cm³/mol. The van der Waals surface area contributed by atoms with Gasteiger partial charge in [0.25, 0.3) is 10.1 Å². The Labute approximate surface area is 102 Å². The molecule has 0 fully saturated rings. The topological polar surface area (TPSA) is 57.6 Å². The Bertz CT molecular complexity index is 523. The Morgan fingerprint density at radius 1 is 1.35 bits per heavy atom. The van der Waals surface area contributed by atoms with E-state index < -0.39 is 15.4 Å². The van der Waals surface area contributed by atoms with E-state index in [0.29, 0.717) is 6.42 Å². The molecule has 5 heteroatoms. The van der Waals surface area contributed by atoms with Crippen LogP contribution in [0.1, 0.15) is 29.2 Å². The highest BCUT2D eigenvalue weighted by Gasteiger charge is 2.31. The van der Waals surface area contributed by atoms with Gasteiger partial charge < -0.3 is 4.90 Å². The molecule has 1 atom stereocenters. The maximum absolute atomic E-state index is 11.4. The first-order valence-electron chi connectivity index (χ1n) is 5.66. The van der Waals surface area contributed by atoms with Crippen molar-refractivity contribution in [3.05, 3.63) is 29.3 Å². The van der Waals surface area contributed by atoms with Gasteiger partial charge in [0.15, 0.2) is 0 Å². The molecule has 94 valence electrons. The highest BCUT2D eigenvalue weighted by atomic mass is 32.2. The van der Waals surface area contributed by atoms with Crippen molar-refractivity contribution in [2.75, 3.05) is 19.0 Å². The second kappa shape index (κ2) is 4.31. The second-order valence-electron chi connectivity index (χ2n) is 4.64. The van der Waals surface area contributed by atoms with Crippen molar-refractivity contribution >= 4 is 15.8 Å². The maximum Gasteiger partial charge on any atom is 0.272 e. The maximum atomic E-state index is 11.4. The first-order chi connectivity index (χ1) is 7.91. The lowest BCUT2D eigenvalue weighted by Gasteiger charge is -2.27. The van der Waals surface area contributed by atoms with Crippen LogP contribution in [0.4, 0.5) is 5.69 Å². The molecule has 0 spiro atoms. The summed E-state index contributed by atoms with van der Waals surface area (Å²) >= 11 is 0. The van der Waals surface area contributed by atoms with Crippen LogP contribution in [0.5, 0.6) is 0 Å². The molecule has 1 N–H and O–H groups in total. The van der Waals surface area contributed by atoms with Crippen LogP contribution in [0.3, 0.4) is 0 Å². The van der Waals surface area contributed by atoms with Crippen LogP contribution in [0.15, 0.2) is 18.2 Å². The number of hydrogen-bond acceptors (Lipinski definition) is 3. The fraction of sp³-hybridized carbons (Fsp3) is 0.500. The van der Waals surface area contributed by atoms with E-state index in [0.717, 1.165) is 29.7 Å². The zero-order valence-corrected chi connectivity index (χ0v) is 10.9. The molecule has 4 nitrogen and oxygen atoms in total. The van der Waals surface area contributed by atoms with Gasteiger partial charge in [0.2, 0.25) is 0 Å². The van der Waals surface area contributed by atoms with Crippen LogP contribution in [-0.2, 0) is 16.5 Å². The fourth-order valence-corrected chi connectivity index (χ4v) is 3.52. The lowest BCUT2D eigenvalue weighted by Crippen LogP contribution is -2.21. The minimum absolute atomic E-state index is 0.503. The molecule has 0 bridgehead atoms. The van der Waals surface area contributed by atoms with Gasteiger partial charge in [-0.15, -0.1) is 0 Å². The Balaban J connectivity index is 2.57. The van der Waals surface area contributed by atoms with Crippen LogP contribution >= 0.6 is 0 Å². The molecule has 1 aliphatic carbocycles. The molecule has 0 radical (unpaired) electrons. The predicted octanol–water partition coefficient (Wildman–Crippen LogP) is 2.02. The van der Waals surface area contributed by atoms with Gasteiger partial charge in [0.05, 0.1) is 0 Å². The largest absolute Gasteiger partial charge is 0.377 e. The summed E-state index contributed by atoms with van der Waals surface area (Å²) in [6.45, 7) is 0. The Morgan fingerprint density at radius 3 is 2.65 bits per heavy atom. The fourth-order valence-electron chi connectivity index (χ4n) is 2.51. The lowest BCUT2D eigenvalue weighted by molar-refractivity contribution is 0.457. The van der Waals surface area contributed by atoms with Crippen molar-refractivity contribution in [3.63, 3.8) is 0 Å². The summed E-state index contributed by atoms with van der Waals surface area (Å²) in [7, 11) is -0.126. The van der Waals surface area contributed by atoms with Crippen molar-refractivity contribution in [2.45, 2.75) is 24.5 Å². The molecule has 0 saturated carbocycles. The third-order valence-corrected chi connectivity index (χ3v) is 4.48. The van der Waals surface area contributed by atoms with Gasteiger partial charge >= 0.3 is 0 Å². The van der Waals surface area contributed by atoms with E-state index in [1.165, 1.54) is 0 Å². The molecule has 0 amide bonds. The van der Waals surface area contributed by atoms with E-state index in [4.69, 9.17) is 0 Å². The molecule has 2 rings (SSSR count). The second-order valence-corrected chi connectivity index (χ2v) is 6.23. The first kappa shape index (κ1) is 12.4. The Hall–Kier alpha value is -1.07. The van der Waals surface area contributed by atoms with Gasteiger partial charge in [0.1, 0.15) is 5.25 Å². The zero-order chi connectivity index (χ0) is 12.6. The van der Waals surface area contributed by atoms with Crippen LogP contribution in [0.25, 0.3) is 0 Å². The summed E-state index contributed by atoms with van der Waals surface area (Å²) in [6.07, 6.45) is 2.17. The quantitative estimate of drug-likeness (QED) is 0.821. The average molecular weight is 255 g/mol. The summed E-state index contributed by atoms with van der Waals surface area (Å²) in [5.74, 6) is 0. The molecule has 1 aromatic carbocycles. The Kier molecular flexibility index (Phi) is 3.14. The van der Waals surface area contributed by atoms with Crippen molar-refractivity contribution < 1.29 is 13.0 Å². The minimum Gasteiger partial charge on any atom is -0.377 e. The van der Waals surface area contributed by atoms with Gasteiger partial charge in [0, 0.05) is 19.8 Å².